The van der Waals surface area contributed by atoms with E-state index in [4.69, 9.17) is 0 Å². The summed E-state index contributed by atoms with van der Waals surface area (Å²) >= 11 is 0. The van der Waals surface area contributed by atoms with Crippen LogP contribution in [0.4, 0.5) is 0 Å². The molecule has 0 radical (unpaired) electrons. The van der Waals surface area contributed by atoms with Gasteiger partial charge in [-0.2, -0.15) is 0 Å². The molecule has 0 bridgehead atoms. The van der Waals surface area contributed by atoms with Crippen LogP contribution in [0.1, 0.15) is 51.4 Å². The zero-order valence-corrected chi connectivity index (χ0v) is 8.97. The van der Waals surface area contributed by atoms with Crippen molar-refractivity contribution < 1.29 is 0 Å². The molecule has 0 heterocycles. The molecular weight excluding hydrogens is 172 g/mol. The summed E-state index contributed by atoms with van der Waals surface area (Å²) in [5, 5.41) is 0. The van der Waals surface area contributed by atoms with E-state index in [0.29, 0.717) is 0 Å². The second kappa shape index (κ2) is 5.28. The molecule has 2 nitrogen and oxygen atoms in total. The van der Waals surface area contributed by atoms with Gasteiger partial charge in [-0.1, -0.05) is 0 Å². The number of aliphatic imine (C=N–C) groups is 2. The Labute approximate surface area is 86.5 Å². The van der Waals surface area contributed by atoms with Gasteiger partial charge in [0.15, 0.2) is 0 Å². The summed E-state index contributed by atoms with van der Waals surface area (Å²) in [6.45, 7) is 2.12. The van der Waals surface area contributed by atoms with E-state index in [1.807, 2.05) is 0 Å². The molecule has 2 aliphatic carbocycles. The van der Waals surface area contributed by atoms with Gasteiger partial charge in [-0.05, 0) is 51.4 Å². The molecule has 0 aromatic heterocycles. The molecule has 2 saturated carbocycles. The molecular formula is C12H20N2. The monoisotopic (exact) mass is 192 g/mol. The highest BCUT2D eigenvalue weighted by atomic mass is 14.8. The Morgan fingerprint density at radius 3 is 1.71 bits per heavy atom. The van der Waals surface area contributed by atoms with Crippen LogP contribution in [0, 0.1) is 0 Å². The van der Waals surface area contributed by atoms with Crippen molar-refractivity contribution in [1.29, 1.82) is 0 Å². The van der Waals surface area contributed by atoms with E-state index in [2.05, 4.69) is 9.98 Å². The summed E-state index contributed by atoms with van der Waals surface area (Å²) in [6.07, 6.45) is 10.3. The fourth-order valence-corrected chi connectivity index (χ4v) is 1.58. The fraction of sp³-hybridized carbons (Fsp3) is 0.833. The van der Waals surface area contributed by atoms with E-state index < -0.39 is 0 Å². The Morgan fingerprint density at radius 2 is 1.29 bits per heavy atom. The van der Waals surface area contributed by atoms with Crippen molar-refractivity contribution in [1.82, 2.24) is 0 Å². The number of unbranched alkanes of at least 4 members (excludes halogenated alkanes) is 2. The lowest BCUT2D eigenvalue weighted by molar-refractivity contribution is 0.688. The molecule has 0 N–H and O–H groups in total. The molecule has 0 aromatic carbocycles. The van der Waals surface area contributed by atoms with E-state index in [0.717, 1.165) is 13.1 Å². The van der Waals surface area contributed by atoms with Gasteiger partial charge >= 0.3 is 0 Å². The van der Waals surface area contributed by atoms with Crippen LogP contribution >= 0.6 is 0 Å². The highest BCUT2D eigenvalue weighted by Crippen LogP contribution is 2.15. The van der Waals surface area contributed by atoms with Crippen molar-refractivity contribution >= 4 is 11.4 Å². The van der Waals surface area contributed by atoms with Crippen LogP contribution in [-0.2, 0) is 0 Å². The van der Waals surface area contributed by atoms with E-state index >= 15 is 0 Å². The molecule has 0 unspecified atom stereocenters. The molecule has 0 atom stereocenters. The van der Waals surface area contributed by atoms with E-state index in [1.165, 1.54) is 62.8 Å². The zero-order valence-electron chi connectivity index (χ0n) is 8.97. The van der Waals surface area contributed by atoms with Crippen molar-refractivity contribution in [3.63, 3.8) is 0 Å². The molecule has 0 spiro atoms. The lowest BCUT2D eigenvalue weighted by Gasteiger charge is -2.13. The van der Waals surface area contributed by atoms with Gasteiger partial charge in [0.05, 0.1) is 0 Å². The maximum atomic E-state index is 4.56. The third kappa shape index (κ3) is 3.60. The quantitative estimate of drug-likeness (QED) is 0.578. The van der Waals surface area contributed by atoms with Crippen molar-refractivity contribution in [3.05, 3.63) is 0 Å². The van der Waals surface area contributed by atoms with Crippen molar-refractivity contribution in [3.8, 4) is 0 Å². The summed E-state index contributed by atoms with van der Waals surface area (Å²) < 4.78 is 0. The Kier molecular flexibility index (Phi) is 3.72. The van der Waals surface area contributed by atoms with Crippen LogP contribution in [0.25, 0.3) is 0 Å². The molecule has 0 aromatic rings. The number of hydrogen-bond acceptors (Lipinski definition) is 2. The molecule has 2 heteroatoms. The van der Waals surface area contributed by atoms with Crippen LogP contribution in [0.2, 0.25) is 0 Å². The van der Waals surface area contributed by atoms with Gasteiger partial charge in [-0.25, -0.2) is 0 Å². The van der Waals surface area contributed by atoms with Gasteiger partial charge in [-0.3, -0.25) is 9.98 Å². The summed E-state index contributed by atoms with van der Waals surface area (Å²) in [5.41, 5.74) is 2.91. The highest BCUT2D eigenvalue weighted by Gasteiger charge is 2.11. The standard InChI is InChI=1S/C12H20N2/c1(3-10-14-12-7-8-12)2-9-13-11-5-4-6-11/h1-10H2. The highest BCUT2D eigenvalue weighted by molar-refractivity contribution is 5.97. The van der Waals surface area contributed by atoms with Crippen molar-refractivity contribution in [2.45, 2.75) is 51.4 Å². The Bertz CT molecular complexity index is 229. The first-order valence-corrected chi connectivity index (χ1v) is 5.99. The molecule has 2 rings (SSSR count). The Hall–Kier alpha value is -0.660. The first-order chi connectivity index (χ1) is 6.95. The van der Waals surface area contributed by atoms with Gasteiger partial charge in [0.25, 0.3) is 0 Å². The summed E-state index contributed by atoms with van der Waals surface area (Å²) in [6, 6.07) is 0. The smallest absolute Gasteiger partial charge is 0.0388 e. The van der Waals surface area contributed by atoms with Crippen LogP contribution in [0.15, 0.2) is 9.98 Å². The largest absolute Gasteiger partial charge is 0.294 e. The second-order valence-corrected chi connectivity index (χ2v) is 4.31. The number of rotatable bonds is 6. The minimum atomic E-state index is 1.06. The molecule has 0 amide bonds. The second-order valence-electron chi connectivity index (χ2n) is 4.31. The topological polar surface area (TPSA) is 24.7 Å². The molecule has 0 aliphatic heterocycles. The molecule has 2 fully saturated rings. The van der Waals surface area contributed by atoms with E-state index in [-0.39, 0.29) is 0 Å². The molecule has 14 heavy (non-hydrogen) atoms. The predicted molar refractivity (Wildman–Crippen MR) is 61.5 cm³/mol. The Morgan fingerprint density at radius 1 is 0.714 bits per heavy atom. The minimum Gasteiger partial charge on any atom is -0.294 e. The first kappa shape index (κ1) is 9.88. The summed E-state index contributed by atoms with van der Waals surface area (Å²) in [4.78, 5) is 9.03. The third-order valence-electron chi connectivity index (χ3n) is 2.89. The van der Waals surface area contributed by atoms with Crippen LogP contribution in [-0.4, -0.2) is 24.5 Å². The van der Waals surface area contributed by atoms with Gasteiger partial charge in [-0.15, -0.1) is 0 Å². The van der Waals surface area contributed by atoms with Gasteiger partial charge in [0.2, 0.25) is 0 Å². The zero-order chi connectivity index (χ0) is 9.64. The average Bonchev–Trinajstić information content (AvgIpc) is 2.90. The van der Waals surface area contributed by atoms with Gasteiger partial charge < -0.3 is 0 Å². The van der Waals surface area contributed by atoms with Crippen LogP contribution < -0.4 is 0 Å². The third-order valence-corrected chi connectivity index (χ3v) is 2.89. The molecule has 2 aliphatic rings. The van der Waals surface area contributed by atoms with Crippen molar-refractivity contribution in [2.24, 2.45) is 9.98 Å². The summed E-state index contributed by atoms with van der Waals surface area (Å²) in [7, 11) is 0. The lowest BCUT2D eigenvalue weighted by atomic mass is 9.97. The van der Waals surface area contributed by atoms with Crippen LogP contribution in [0.5, 0.6) is 0 Å². The fourth-order valence-electron chi connectivity index (χ4n) is 1.58. The minimum absolute atomic E-state index is 1.06. The molecule has 78 valence electrons. The first-order valence-electron chi connectivity index (χ1n) is 5.99. The lowest BCUT2D eigenvalue weighted by Crippen LogP contribution is -2.10. The SMILES string of the molecule is C(CCN=C1CCC1)CCN=C1CC1. The van der Waals surface area contributed by atoms with Gasteiger partial charge in [0, 0.05) is 24.5 Å². The normalized spacial score (nSPS) is 19.1. The molecule has 0 saturated heterocycles. The summed E-state index contributed by atoms with van der Waals surface area (Å²) in [5.74, 6) is 0. The van der Waals surface area contributed by atoms with Gasteiger partial charge in [0.1, 0.15) is 0 Å². The number of nitrogens with zero attached hydrogens (tertiary/aromatic N) is 2. The maximum absolute atomic E-state index is 4.56. The van der Waals surface area contributed by atoms with E-state index in [1.54, 1.807) is 0 Å². The maximum Gasteiger partial charge on any atom is 0.0388 e. The number of hydrogen-bond donors (Lipinski definition) is 0. The van der Waals surface area contributed by atoms with Crippen molar-refractivity contribution in [2.75, 3.05) is 13.1 Å². The predicted octanol–water partition coefficient (Wildman–Crippen LogP) is 3.02. The van der Waals surface area contributed by atoms with Crippen LogP contribution in [0.3, 0.4) is 0 Å². The Balaban J connectivity index is 1.41. The average molecular weight is 192 g/mol. The van der Waals surface area contributed by atoms with E-state index in [9.17, 15) is 0 Å².